The Morgan fingerprint density at radius 3 is 2.59 bits per heavy atom. The second kappa shape index (κ2) is 11.4. The van der Waals surface area contributed by atoms with E-state index in [9.17, 15) is 14.4 Å². The van der Waals surface area contributed by atoms with E-state index in [0.29, 0.717) is 49.0 Å². The molecule has 2 amide bonds. The van der Waals surface area contributed by atoms with Crippen LogP contribution in [0.3, 0.4) is 0 Å². The third-order valence-corrected chi connectivity index (χ3v) is 11.5. The Balaban J connectivity index is 1.17. The second-order valence-electron chi connectivity index (χ2n) is 15.0. The average molecular weight is 570 g/mol. The van der Waals surface area contributed by atoms with Crippen molar-refractivity contribution in [3.05, 3.63) is 11.6 Å². The number of carbonyl (C=O) groups excluding carboxylic acids is 3. The maximum atomic E-state index is 12.7. The highest BCUT2D eigenvalue weighted by Crippen LogP contribution is 2.66. The predicted molar refractivity (Wildman–Crippen MR) is 158 cm³/mol. The van der Waals surface area contributed by atoms with Crippen LogP contribution in [0.15, 0.2) is 16.8 Å². The molecule has 0 aromatic heterocycles. The molecular weight excluding hydrogens is 518 g/mol. The van der Waals surface area contributed by atoms with Crippen molar-refractivity contribution in [2.75, 3.05) is 13.1 Å². The number of ether oxygens (including phenoxy) is 1. The minimum absolute atomic E-state index is 0.115. The van der Waals surface area contributed by atoms with Gasteiger partial charge in [-0.2, -0.15) is 0 Å². The summed E-state index contributed by atoms with van der Waals surface area (Å²) in [5.41, 5.74) is 2.10. The lowest BCUT2D eigenvalue weighted by atomic mass is 9.46. The van der Waals surface area contributed by atoms with Crippen LogP contribution >= 0.6 is 0 Å². The van der Waals surface area contributed by atoms with E-state index >= 15 is 0 Å². The molecule has 1 heterocycles. The van der Waals surface area contributed by atoms with E-state index in [-0.39, 0.29) is 23.0 Å². The fraction of sp³-hybridized carbons (Fsp3) is 0.818. The Labute approximate surface area is 246 Å². The molecule has 4 fully saturated rings. The smallest absolute Gasteiger partial charge is 0.433 e. The maximum absolute atomic E-state index is 12.7. The van der Waals surface area contributed by atoms with Crippen molar-refractivity contribution in [1.82, 2.24) is 10.2 Å². The molecule has 0 radical (unpaired) electrons. The molecular formula is C33H51N3O5. The van der Waals surface area contributed by atoms with Gasteiger partial charge in [-0.25, -0.2) is 9.59 Å². The normalized spacial score (nSPS) is 37.4. The topological polar surface area (TPSA) is 97.3 Å². The second-order valence-corrected chi connectivity index (χ2v) is 15.0. The van der Waals surface area contributed by atoms with Gasteiger partial charge in [0.05, 0.1) is 11.8 Å². The Bertz CT molecular complexity index is 1110. The molecule has 8 heteroatoms. The molecule has 5 rings (SSSR count). The van der Waals surface area contributed by atoms with Gasteiger partial charge in [-0.1, -0.05) is 24.6 Å². The first-order valence-corrected chi connectivity index (χ1v) is 16.0. The molecule has 7 atom stereocenters. The minimum Gasteiger partial charge on any atom is -0.444 e. The van der Waals surface area contributed by atoms with E-state index in [0.717, 1.165) is 50.7 Å². The number of carbonyl (C=O) groups is 3. The molecule has 8 nitrogen and oxygen atoms in total. The summed E-state index contributed by atoms with van der Waals surface area (Å²) < 4.78 is 5.58. The lowest BCUT2D eigenvalue weighted by Gasteiger charge is -2.58. The first-order valence-electron chi connectivity index (χ1n) is 16.0. The lowest BCUT2D eigenvalue weighted by molar-refractivity contribution is -0.117. The standard InChI is InChI=1S/C33H51N3O5/c1-21(35-41-29(38)34-20-23-9-7-8-18-36(23)30(39)40-31(2,3)4)26-12-13-27-25-11-10-22-19-24(37)14-16-32(22,5)28(25)15-17-33(26,27)6/h19,23,25-28H,7-18,20H2,1-6H3,(H,34,38)/b35-21+/t23-,25-,26+,27?,28-,32-,33+/m0/s1. The summed E-state index contributed by atoms with van der Waals surface area (Å²) in [5, 5.41) is 7.19. The first-order chi connectivity index (χ1) is 19.3. The maximum Gasteiger partial charge on any atom is 0.433 e. The molecule has 1 unspecified atom stereocenters. The van der Waals surface area contributed by atoms with Crippen molar-refractivity contribution < 1.29 is 24.0 Å². The molecule has 41 heavy (non-hydrogen) atoms. The van der Waals surface area contributed by atoms with Crippen LogP contribution in [0.4, 0.5) is 9.59 Å². The third-order valence-electron chi connectivity index (χ3n) is 11.5. The zero-order valence-corrected chi connectivity index (χ0v) is 26.1. The van der Waals surface area contributed by atoms with Crippen LogP contribution in [0, 0.1) is 34.5 Å². The average Bonchev–Trinajstić information content (AvgIpc) is 3.27. The van der Waals surface area contributed by atoms with Crippen LogP contribution in [0.1, 0.15) is 112 Å². The summed E-state index contributed by atoms with van der Waals surface area (Å²) in [5.74, 6) is 2.61. The van der Waals surface area contributed by atoms with Gasteiger partial charge in [0, 0.05) is 25.4 Å². The Morgan fingerprint density at radius 2 is 1.83 bits per heavy atom. The van der Waals surface area contributed by atoms with Crippen LogP contribution in [0.2, 0.25) is 0 Å². The van der Waals surface area contributed by atoms with Gasteiger partial charge in [0.1, 0.15) is 5.60 Å². The van der Waals surface area contributed by atoms with E-state index in [1.54, 1.807) is 4.90 Å². The van der Waals surface area contributed by atoms with Gasteiger partial charge in [-0.3, -0.25) is 9.63 Å². The van der Waals surface area contributed by atoms with E-state index in [1.165, 1.54) is 24.8 Å². The molecule has 1 aliphatic heterocycles. The van der Waals surface area contributed by atoms with Gasteiger partial charge >= 0.3 is 12.2 Å². The minimum atomic E-state index is -0.575. The summed E-state index contributed by atoms with van der Waals surface area (Å²) in [4.78, 5) is 44.6. The number of allylic oxidation sites excluding steroid dienone is 1. The summed E-state index contributed by atoms with van der Waals surface area (Å²) in [6, 6.07) is -0.115. The number of oxime groups is 1. The van der Waals surface area contributed by atoms with Gasteiger partial charge in [-0.15, -0.1) is 0 Å². The quantitative estimate of drug-likeness (QED) is 0.223. The number of fused-ring (bicyclic) bond motifs is 5. The third kappa shape index (κ3) is 5.94. The molecule has 4 aliphatic carbocycles. The number of piperidine rings is 1. The van der Waals surface area contributed by atoms with Crippen LogP contribution in [-0.2, 0) is 14.4 Å². The van der Waals surface area contributed by atoms with Crippen molar-refractivity contribution in [2.45, 2.75) is 124 Å². The van der Waals surface area contributed by atoms with Crippen molar-refractivity contribution >= 4 is 23.7 Å². The molecule has 3 saturated carbocycles. The monoisotopic (exact) mass is 569 g/mol. The van der Waals surface area contributed by atoms with Crippen LogP contribution in [0.5, 0.6) is 0 Å². The first kappa shape index (κ1) is 30.1. The Kier molecular flexibility index (Phi) is 8.34. The van der Waals surface area contributed by atoms with Crippen LogP contribution < -0.4 is 5.32 Å². The number of nitrogens with one attached hydrogen (secondary N) is 1. The van der Waals surface area contributed by atoms with Gasteiger partial charge in [-0.05, 0) is 127 Å². The molecule has 228 valence electrons. The summed E-state index contributed by atoms with van der Waals surface area (Å²) in [6.07, 6.45) is 12.4. The van der Waals surface area contributed by atoms with Crippen LogP contribution in [0.25, 0.3) is 0 Å². The van der Waals surface area contributed by atoms with Crippen molar-refractivity contribution in [3.8, 4) is 0 Å². The SMILES string of the molecule is C/C(=N\OC(=O)NC[C@@H]1CCCCN1C(=O)OC(C)(C)C)[C@H]1CCC2[C@@H]3CCC4=CC(=O)CC[C@]4(C)[C@H]3CC[C@@]21C. The van der Waals surface area contributed by atoms with E-state index in [4.69, 9.17) is 9.57 Å². The van der Waals surface area contributed by atoms with Gasteiger partial charge < -0.3 is 15.0 Å². The molecule has 0 spiro atoms. The van der Waals surface area contributed by atoms with Gasteiger partial charge in [0.2, 0.25) is 0 Å². The highest BCUT2D eigenvalue weighted by atomic mass is 16.7. The molecule has 0 aromatic rings. The van der Waals surface area contributed by atoms with E-state index in [1.807, 2.05) is 33.8 Å². The fourth-order valence-corrected chi connectivity index (χ4v) is 9.43. The number of hydrogen-bond acceptors (Lipinski definition) is 6. The van der Waals surface area contributed by atoms with Crippen molar-refractivity contribution in [3.63, 3.8) is 0 Å². The number of rotatable bonds is 4. The molecule has 0 aromatic carbocycles. The zero-order valence-electron chi connectivity index (χ0n) is 26.1. The summed E-state index contributed by atoms with van der Waals surface area (Å²) >= 11 is 0. The van der Waals surface area contributed by atoms with Crippen LogP contribution in [-0.4, -0.2) is 53.3 Å². The number of hydrogen-bond donors (Lipinski definition) is 1. The molecule has 1 saturated heterocycles. The van der Waals surface area contributed by atoms with Gasteiger partial charge in [0.15, 0.2) is 5.78 Å². The van der Waals surface area contributed by atoms with Gasteiger partial charge in [0.25, 0.3) is 0 Å². The lowest BCUT2D eigenvalue weighted by Crippen LogP contribution is -2.51. The zero-order chi connectivity index (χ0) is 29.6. The molecule has 0 bridgehead atoms. The molecule has 1 N–H and O–H groups in total. The summed E-state index contributed by atoms with van der Waals surface area (Å²) in [7, 11) is 0. The predicted octanol–water partition coefficient (Wildman–Crippen LogP) is 7.03. The molecule has 5 aliphatic rings. The van der Waals surface area contributed by atoms with Crippen molar-refractivity contribution in [1.29, 1.82) is 0 Å². The Morgan fingerprint density at radius 1 is 1.05 bits per heavy atom. The number of likely N-dealkylation sites (tertiary alicyclic amines) is 1. The van der Waals surface area contributed by atoms with Crippen molar-refractivity contribution in [2.24, 2.45) is 39.7 Å². The van der Waals surface area contributed by atoms with E-state index in [2.05, 4.69) is 24.3 Å². The fourth-order valence-electron chi connectivity index (χ4n) is 9.43. The number of ketones is 1. The summed E-state index contributed by atoms with van der Waals surface area (Å²) in [6.45, 7) is 13.4. The Hall–Kier alpha value is -2.38. The highest BCUT2D eigenvalue weighted by molar-refractivity contribution is 5.91. The van der Waals surface area contributed by atoms with E-state index < -0.39 is 11.7 Å². The number of amides is 2. The largest absolute Gasteiger partial charge is 0.444 e. The highest BCUT2D eigenvalue weighted by Gasteiger charge is 2.59. The number of nitrogens with zero attached hydrogens (tertiary/aromatic N) is 2.